The molecule has 0 saturated heterocycles. The standard InChI is InChI=1S/C16H17NO3S/c1-11-3-4-12(2)15(9-11)20-7-8-21-13-5-6-17-14(10-13)16(18)19/h3-6,9-10H,7-8H2,1-2H3,(H,18,19). The first-order valence-electron chi connectivity index (χ1n) is 6.58. The smallest absolute Gasteiger partial charge is 0.354 e. The monoisotopic (exact) mass is 303 g/mol. The van der Waals surface area contributed by atoms with E-state index in [1.807, 2.05) is 26.0 Å². The summed E-state index contributed by atoms with van der Waals surface area (Å²) in [5.41, 5.74) is 2.35. The molecular formula is C16H17NO3S. The maximum atomic E-state index is 10.8. The molecule has 0 saturated carbocycles. The number of carbonyl (C=O) groups is 1. The van der Waals surface area contributed by atoms with Gasteiger partial charge in [0.15, 0.2) is 0 Å². The molecule has 21 heavy (non-hydrogen) atoms. The Bertz CT molecular complexity index is 643. The number of aromatic carboxylic acids is 1. The average Bonchev–Trinajstić information content (AvgIpc) is 2.47. The minimum atomic E-state index is -1.01. The van der Waals surface area contributed by atoms with E-state index >= 15 is 0 Å². The molecule has 1 N–H and O–H groups in total. The van der Waals surface area contributed by atoms with E-state index in [0.717, 1.165) is 22.0 Å². The number of aromatic nitrogens is 1. The van der Waals surface area contributed by atoms with Crippen LogP contribution in [-0.2, 0) is 0 Å². The lowest BCUT2D eigenvalue weighted by atomic mass is 10.1. The highest BCUT2D eigenvalue weighted by molar-refractivity contribution is 7.99. The van der Waals surface area contributed by atoms with Crippen LogP contribution in [0.25, 0.3) is 0 Å². The van der Waals surface area contributed by atoms with Crippen molar-refractivity contribution in [2.45, 2.75) is 18.7 Å². The normalized spacial score (nSPS) is 10.4. The van der Waals surface area contributed by atoms with Crippen molar-refractivity contribution in [1.29, 1.82) is 0 Å². The zero-order valence-corrected chi connectivity index (χ0v) is 12.8. The number of hydrogen-bond acceptors (Lipinski definition) is 4. The molecule has 0 radical (unpaired) electrons. The van der Waals surface area contributed by atoms with Gasteiger partial charge in [-0.3, -0.25) is 0 Å². The zero-order valence-electron chi connectivity index (χ0n) is 12.0. The van der Waals surface area contributed by atoms with Gasteiger partial charge in [-0.2, -0.15) is 0 Å². The van der Waals surface area contributed by atoms with E-state index in [2.05, 4.69) is 11.1 Å². The number of carboxylic acid groups (broad SMARTS) is 1. The minimum absolute atomic E-state index is 0.0652. The number of ether oxygens (including phenoxy) is 1. The van der Waals surface area contributed by atoms with Gasteiger partial charge in [0.1, 0.15) is 11.4 Å². The highest BCUT2D eigenvalue weighted by atomic mass is 32.2. The third kappa shape index (κ3) is 4.49. The molecule has 0 aliphatic heterocycles. The third-order valence-electron chi connectivity index (χ3n) is 2.90. The molecule has 0 aliphatic rings. The minimum Gasteiger partial charge on any atom is -0.492 e. The predicted octanol–water partition coefficient (Wildman–Crippen LogP) is 3.57. The van der Waals surface area contributed by atoms with E-state index < -0.39 is 5.97 Å². The van der Waals surface area contributed by atoms with Gasteiger partial charge < -0.3 is 9.84 Å². The maximum Gasteiger partial charge on any atom is 0.354 e. The third-order valence-corrected chi connectivity index (χ3v) is 3.86. The summed E-state index contributed by atoms with van der Waals surface area (Å²) in [6.07, 6.45) is 1.51. The van der Waals surface area contributed by atoms with E-state index in [4.69, 9.17) is 9.84 Å². The summed E-state index contributed by atoms with van der Waals surface area (Å²) in [7, 11) is 0. The van der Waals surface area contributed by atoms with Crippen LogP contribution >= 0.6 is 11.8 Å². The quantitative estimate of drug-likeness (QED) is 0.653. The summed E-state index contributed by atoms with van der Waals surface area (Å²) in [6, 6.07) is 9.50. The number of pyridine rings is 1. The molecule has 2 aromatic rings. The number of aryl methyl sites for hydroxylation is 2. The highest BCUT2D eigenvalue weighted by Crippen LogP contribution is 2.21. The van der Waals surface area contributed by atoms with Gasteiger partial charge in [-0.1, -0.05) is 12.1 Å². The Labute approximate surface area is 128 Å². The predicted molar refractivity (Wildman–Crippen MR) is 83.3 cm³/mol. The van der Waals surface area contributed by atoms with Gasteiger partial charge in [0.2, 0.25) is 0 Å². The van der Waals surface area contributed by atoms with Crippen molar-refractivity contribution in [3.8, 4) is 5.75 Å². The lowest BCUT2D eigenvalue weighted by molar-refractivity contribution is 0.0690. The molecular weight excluding hydrogens is 286 g/mol. The molecule has 110 valence electrons. The van der Waals surface area contributed by atoms with Gasteiger partial charge in [0.25, 0.3) is 0 Å². The lowest BCUT2D eigenvalue weighted by Crippen LogP contribution is -2.02. The Morgan fingerprint density at radius 1 is 1.29 bits per heavy atom. The number of carboxylic acids is 1. The van der Waals surface area contributed by atoms with Gasteiger partial charge in [0, 0.05) is 16.8 Å². The molecule has 1 aromatic carbocycles. The largest absolute Gasteiger partial charge is 0.492 e. The molecule has 0 bridgehead atoms. The second-order valence-corrected chi connectivity index (χ2v) is 5.82. The summed E-state index contributed by atoms with van der Waals surface area (Å²) in [6.45, 7) is 4.62. The van der Waals surface area contributed by atoms with Crippen LogP contribution in [0.1, 0.15) is 21.6 Å². The summed E-state index contributed by atoms with van der Waals surface area (Å²) in [4.78, 5) is 15.5. The van der Waals surface area contributed by atoms with Crippen LogP contribution in [0.2, 0.25) is 0 Å². The molecule has 5 heteroatoms. The van der Waals surface area contributed by atoms with Crippen molar-refractivity contribution in [1.82, 2.24) is 4.98 Å². The van der Waals surface area contributed by atoms with Gasteiger partial charge >= 0.3 is 5.97 Å². The highest BCUT2D eigenvalue weighted by Gasteiger charge is 2.05. The number of thioether (sulfide) groups is 1. The second kappa shape index (κ2) is 7.13. The van der Waals surface area contributed by atoms with Crippen molar-refractivity contribution in [2.75, 3.05) is 12.4 Å². The Morgan fingerprint density at radius 3 is 2.86 bits per heavy atom. The van der Waals surface area contributed by atoms with Crippen LogP contribution in [-0.4, -0.2) is 28.4 Å². The zero-order chi connectivity index (χ0) is 15.2. The number of nitrogens with zero attached hydrogens (tertiary/aromatic N) is 1. The van der Waals surface area contributed by atoms with Crippen LogP contribution in [0.5, 0.6) is 5.75 Å². The van der Waals surface area contributed by atoms with Crippen LogP contribution in [0, 0.1) is 13.8 Å². The molecule has 0 aliphatic carbocycles. The first kappa shape index (κ1) is 15.4. The summed E-state index contributed by atoms with van der Waals surface area (Å²) in [5, 5.41) is 8.89. The van der Waals surface area contributed by atoms with Crippen molar-refractivity contribution in [3.05, 3.63) is 53.3 Å². The van der Waals surface area contributed by atoms with Gasteiger partial charge in [0.05, 0.1) is 6.61 Å². The first-order chi connectivity index (χ1) is 10.1. The Balaban J connectivity index is 1.86. The number of benzene rings is 1. The van der Waals surface area contributed by atoms with E-state index in [0.29, 0.717) is 6.61 Å². The molecule has 1 heterocycles. The van der Waals surface area contributed by atoms with Crippen molar-refractivity contribution in [2.24, 2.45) is 0 Å². The molecule has 0 unspecified atom stereocenters. The second-order valence-electron chi connectivity index (χ2n) is 4.65. The molecule has 1 aromatic heterocycles. The fraction of sp³-hybridized carbons (Fsp3) is 0.250. The SMILES string of the molecule is Cc1ccc(C)c(OCCSc2ccnc(C(=O)O)c2)c1. The molecule has 0 spiro atoms. The molecule has 2 rings (SSSR count). The van der Waals surface area contributed by atoms with E-state index in [-0.39, 0.29) is 5.69 Å². The maximum absolute atomic E-state index is 10.8. The van der Waals surface area contributed by atoms with Crippen molar-refractivity contribution in [3.63, 3.8) is 0 Å². The average molecular weight is 303 g/mol. The molecule has 4 nitrogen and oxygen atoms in total. The van der Waals surface area contributed by atoms with Gasteiger partial charge in [-0.15, -0.1) is 11.8 Å². The first-order valence-corrected chi connectivity index (χ1v) is 7.57. The van der Waals surface area contributed by atoms with E-state index in [1.165, 1.54) is 11.8 Å². The van der Waals surface area contributed by atoms with Crippen molar-refractivity contribution < 1.29 is 14.6 Å². The fourth-order valence-corrected chi connectivity index (χ4v) is 2.55. The van der Waals surface area contributed by atoms with E-state index in [9.17, 15) is 4.79 Å². The summed E-state index contributed by atoms with van der Waals surface area (Å²) < 4.78 is 5.76. The van der Waals surface area contributed by atoms with Crippen LogP contribution in [0.3, 0.4) is 0 Å². The molecule has 0 atom stereocenters. The van der Waals surface area contributed by atoms with Crippen molar-refractivity contribution >= 4 is 17.7 Å². The van der Waals surface area contributed by atoms with Crippen LogP contribution < -0.4 is 4.74 Å². The Kier molecular flexibility index (Phi) is 5.22. The Hall–Kier alpha value is -2.01. The topological polar surface area (TPSA) is 59.4 Å². The number of rotatable bonds is 6. The van der Waals surface area contributed by atoms with E-state index in [1.54, 1.807) is 23.9 Å². The number of hydrogen-bond donors (Lipinski definition) is 1. The summed E-state index contributed by atoms with van der Waals surface area (Å²) in [5.74, 6) is 0.636. The van der Waals surface area contributed by atoms with Gasteiger partial charge in [-0.05, 0) is 43.2 Å². The molecule has 0 amide bonds. The lowest BCUT2D eigenvalue weighted by Gasteiger charge is -2.09. The van der Waals surface area contributed by atoms with Gasteiger partial charge in [-0.25, -0.2) is 9.78 Å². The van der Waals surface area contributed by atoms with Crippen LogP contribution in [0.4, 0.5) is 0 Å². The fourth-order valence-electron chi connectivity index (χ4n) is 1.79. The molecule has 0 fully saturated rings. The Morgan fingerprint density at radius 2 is 2.10 bits per heavy atom. The summed E-state index contributed by atoms with van der Waals surface area (Å²) >= 11 is 1.55. The van der Waals surface area contributed by atoms with Crippen LogP contribution in [0.15, 0.2) is 41.4 Å².